The Morgan fingerprint density at radius 2 is 1.79 bits per heavy atom. The van der Waals surface area contributed by atoms with Crippen LogP contribution in [0.5, 0.6) is 0 Å². The highest BCUT2D eigenvalue weighted by atomic mass is 32.1. The van der Waals surface area contributed by atoms with Crippen molar-refractivity contribution in [2.45, 2.75) is 33.4 Å². The summed E-state index contributed by atoms with van der Waals surface area (Å²) in [6.07, 6.45) is -4.58. The van der Waals surface area contributed by atoms with Gasteiger partial charge in [-0.15, -0.1) is 11.3 Å². The lowest BCUT2D eigenvalue weighted by Crippen LogP contribution is -2.15. The molecular weight excluding hydrogens is 385 g/mol. The van der Waals surface area contributed by atoms with Crippen LogP contribution in [0, 0.1) is 20.8 Å². The molecule has 0 fully saturated rings. The molecule has 1 heterocycles. The topological polar surface area (TPSA) is 42.0 Å². The van der Waals surface area contributed by atoms with Gasteiger partial charge in [-0.3, -0.25) is 4.79 Å². The Morgan fingerprint density at radius 1 is 1.07 bits per heavy atom. The summed E-state index contributed by atoms with van der Waals surface area (Å²) in [5.41, 5.74) is 4.75. The number of benzene rings is 2. The predicted octanol–water partition coefficient (Wildman–Crippen LogP) is 5.94. The highest BCUT2D eigenvalue weighted by Crippen LogP contribution is 2.31. The normalized spacial score (nSPS) is 11.5. The minimum absolute atomic E-state index is 0.151. The summed E-state index contributed by atoms with van der Waals surface area (Å²) in [5.74, 6) is -0.406. The van der Waals surface area contributed by atoms with Crippen molar-refractivity contribution in [2.75, 3.05) is 5.32 Å². The number of hydrogen-bond acceptors (Lipinski definition) is 3. The van der Waals surface area contributed by atoms with E-state index in [1.165, 1.54) is 29.0 Å². The van der Waals surface area contributed by atoms with Gasteiger partial charge in [0, 0.05) is 10.9 Å². The molecule has 0 saturated carbocycles. The van der Waals surface area contributed by atoms with Crippen molar-refractivity contribution in [2.24, 2.45) is 0 Å². The molecule has 1 N–H and O–H groups in total. The minimum atomic E-state index is -4.43. The number of amides is 1. The van der Waals surface area contributed by atoms with E-state index in [-0.39, 0.29) is 6.42 Å². The van der Waals surface area contributed by atoms with Crippen molar-refractivity contribution < 1.29 is 18.0 Å². The van der Waals surface area contributed by atoms with Crippen LogP contribution in [0.25, 0.3) is 11.3 Å². The third-order valence-electron chi connectivity index (χ3n) is 4.49. The molecule has 3 rings (SSSR count). The van der Waals surface area contributed by atoms with Crippen molar-refractivity contribution in [1.29, 1.82) is 0 Å². The Bertz CT molecular complexity index is 1020. The van der Waals surface area contributed by atoms with Gasteiger partial charge in [0.05, 0.1) is 17.7 Å². The first-order chi connectivity index (χ1) is 13.1. The molecule has 3 aromatic rings. The third kappa shape index (κ3) is 4.59. The highest BCUT2D eigenvalue weighted by Gasteiger charge is 2.30. The summed E-state index contributed by atoms with van der Waals surface area (Å²) in [4.78, 5) is 16.7. The molecule has 0 bridgehead atoms. The standard InChI is InChI=1S/C21H19F3N2OS/c1-12-7-14(3)17(8-13(12)2)18-11-28-20(25-18)26-19(27)10-15-5-4-6-16(9-15)21(22,23)24/h4-9,11H,10H2,1-3H3,(H,25,26,27). The van der Waals surface area contributed by atoms with Gasteiger partial charge in [0.1, 0.15) is 0 Å². The van der Waals surface area contributed by atoms with Crippen LogP contribution in [0.3, 0.4) is 0 Å². The van der Waals surface area contributed by atoms with Crippen molar-refractivity contribution >= 4 is 22.4 Å². The number of nitrogens with one attached hydrogen (secondary N) is 1. The zero-order chi connectivity index (χ0) is 20.5. The number of halogens is 3. The van der Waals surface area contributed by atoms with E-state index in [0.29, 0.717) is 10.7 Å². The highest BCUT2D eigenvalue weighted by molar-refractivity contribution is 7.14. The Kier molecular flexibility index (Phi) is 5.56. The SMILES string of the molecule is Cc1cc(C)c(-c2csc(NC(=O)Cc3cccc(C(F)(F)F)c3)n2)cc1C. The number of aromatic nitrogens is 1. The average Bonchev–Trinajstić information content (AvgIpc) is 3.05. The molecule has 1 amide bonds. The van der Waals surface area contributed by atoms with Crippen LogP contribution in [0.15, 0.2) is 41.8 Å². The second kappa shape index (κ2) is 7.75. The average molecular weight is 404 g/mol. The number of anilines is 1. The summed E-state index contributed by atoms with van der Waals surface area (Å²) in [6, 6.07) is 8.94. The van der Waals surface area contributed by atoms with Crippen molar-refractivity contribution in [1.82, 2.24) is 4.98 Å². The number of carbonyl (C=O) groups excluding carboxylic acids is 1. The predicted molar refractivity (Wildman–Crippen MR) is 106 cm³/mol. The zero-order valence-electron chi connectivity index (χ0n) is 15.6. The Balaban J connectivity index is 1.72. The molecule has 0 aliphatic rings. The van der Waals surface area contributed by atoms with Crippen LogP contribution in [0.1, 0.15) is 27.8 Å². The largest absolute Gasteiger partial charge is 0.416 e. The first-order valence-corrected chi connectivity index (χ1v) is 9.51. The van der Waals surface area contributed by atoms with E-state index in [1.807, 2.05) is 26.2 Å². The molecule has 2 aromatic carbocycles. The number of aryl methyl sites for hydroxylation is 3. The van der Waals surface area contributed by atoms with Gasteiger partial charge in [-0.25, -0.2) is 4.98 Å². The van der Waals surface area contributed by atoms with Gasteiger partial charge < -0.3 is 5.32 Å². The van der Waals surface area contributed by atoms with Gasteiger partial charge >= 0.3 is 6.18 Å². The van der Waals surface area contributed by atoms with Crippen LogP contribution < -0.4 is 5.32 Å². The second-order valence-electron chi connectivity index (χ2n) is 6.71. The smallest absolute Gasteiger partial charge is 0.302 e. The van der Waals surface area contributed by atoms with Crippen LogP contribution in [0.2, 0.25) is 0 Å². The molecule has 0 saturated heterocycles. The maximum absolute atomic E-state index is 12.8. The molecule has 3 nitrogen and oxygen atoms in total. The maximum atomic E-state index is 12.8. The van der Waals surface area contributed by atoms with Crippen LogP contribution >= 0.6 is 11.3 Å². The van der Waals surface area contributed by atoms with Crippen molar-refractivity contribution in [3.8, 4) is 11.3 Å². The van der Waals surface area contributed by atoms with Crippen molar-refractivity contribution in [3.05, 3.63) is 69.6 Å². The monoisotopic (exact) mass is 404 g/mol. The fourth-order valence-electron chi connectivity index (χ4n) is 2.90. The van der Waals surface area contributed by atoms with Crippen LogP contribution in [0.4, 0.5) is 18.3 Å². The van der Waals surface area contributed by atoms with Gasteiger partial charge in [0.15, 0.2) is 5.13 Å². The molecule has 0 spiro atoms. The summed E-state index contributed by atoms with van der Waals surface area (Å²) >= 11 is 1.29. The number of rotatable bonds is 4. The van der Waals surface area contributed by atoms with Gasteiger partial charge in [-0.2, -0.15) is 13.2 Å². The van der Waals surface area contributed by atoms with Gasteiger partial charge in [-0.05, 0) is 55.2 Å². The van der Waals surface area contributed by atoms with Gasteiger partial charge in [0.25, 0.3) is 0 Å². The Labute approximate surface area is 165 Å². The Morgan fingerprint density at radius 3 is 2.50 bits per heavy atom. The van der Waals surface area contributed by atoms with E-state index in [0.717, 1.165) is 34.5 Å². The lowest BCUT2D eigenvalue weighted by atomic mass is 9.99. The first-order valence-electron chi connectivity index (χ1n) is 8.63. The summed E-state index contributed by atoms with van der Waals surface area (Å²) in [5, 5.41) is 4.95. The van der Waals surface area contributed by atoms with Gasteiger partial charge in [-0.1, -0.05) is 24.3 Å². The van der Waals surface area contributed by atoms with E-state index in [1.54, 1.807) is 0 Å². The molecule has 1 aromatic heterocycles. The van der Waals surface area contributed by atoms with E-state index >= 15 is 0 Å². The molecule has 0 aliphatic carbocycles. The molecule has 0 unspecified atom stereocenters. The van der Waals surface area contributed by atoms with E-state index < -0.39 is 17.6 Å². The zero-order valence-corrected chi connectivity index (χ0v) is 16.5. The summed E-state index contributed by atoms with van der Waals surface area (Å²) < 4.78 is 38.4. The van der Waals surface area contributed by atoms with Crippen LogP contribution in [-0.4, -0.2) is 10.9 Å². The van der Waals surface area contributed by atoms with E-state index in [9.17, 15) is 18.0 Å². The number of thiazole rings is 1. The number of alkyl halides is 3. The van der Waals surface area contributed by atoms with Crippen molar-refractivity contribution in [3.63, 3.8) is 0 Å². The molecule has 7 heteroatoms. The molecule has 0 atom stereocenters. The third-order valence-corrected chi connectivity index (χ3v) is 5.24. The maximum Gasteiger partial charge on any atom is 0.416 e. The minimum Gasteiger partial charge on any atom is -0.302 e. The fraction of sp³-hybridized carbons (Fsp3) is 0.238. The molecule has 0 radical (unpaired) electrons. The number of carbonyl (C=O) groups is 1. The lowest BCUT2D eigenvalue weighted by Gasteiger charge is -2.08. The number of hydrogen-bond donors (Lipinski definition) is 1. The molecule has 0 aliphatic heterocycles. The Hall–Kier alpha value is -2.67. The summed E-state index contributed by atoms with van der Waals surface area (Å²) in [7, 11) is 0. The lowest BCUT2D eigenvalue weighted by molar-refractivity contribution is -0.137. The quantitative estimate of drug-likeness (QED) is 0.585. The second-order valence-corrected chi connectivity index (χ2v) is 7.57. The first kappa shape index (κ1) is 20.1. The summed E-state index contributed by atoms with van der Waals surface area (Å²) in [6.45, 7) is 6.09. The van der Waals surface area contributed by atoms with Crippen LogP contribution in [-0.2, 0) is 17.4 Å². The molecule has 146 valence electrons. The fourth-order valence-corrected chi connectivity index (χ4v) is 3.62. The molecule has 28 heavy (non-hydrogen) atoms. The van der Waals surface area contributed by atoms with Gasteiger partial charge in [0.2, 0.25) is 5.91 Å². The molecular formula is C21H19F3N2OS. The van der Waals surface area contributed by atoms with E-state index in [2.05, 4.69) is 22.4 Å². The number of nitrogens with zero attached hydrogens (tertiary/aromatic N) is 1. The van der Waals surface area contributed by atoms with E-state index in [4.69, 9.17) is 0 Å².